The number of nitrogens with one attached hydrogen (secondary N) is 2. The molecule has 1 amide bonds. The van der Waals surface area contributed by atoms with Crippen LogP contribution in [0.4, 0.5) is 5.69 Å². The van der Waals surface area contributed by atoms with Crippen LogP contribution in [0.25, 0.3) is 5.65 Å². The van der Waals surface area contributed by atoms with Gasteiger partial charge >= 0.3 is 5.69 Å². The van der Waals surface area contributed by atoms with Gasteiger partial charge in [-0.15, -0.1) is 17.5 Å². The smallest absolute Gasteiger partial charge is 0.326 e. The van der Waals surface area contributed by atoms with E-state index in [-0.39, 0.29) is 30.0 Å². The fraction of sp³-hybridized carbons (Fsp3) is 0.316. The zero-order chi connectivity index (χ0) is 18.6. The van der Waals surface area contributed by atoms with Crippen LogP contribution in [0.1, 0.15) is 12.0 Å². The highest BCUT2D eigenvalue weighted by atomic mass is 35.5. The highest BCUT2D eigenvalue weighted by Gasteiger charge is 2.16. The maximum Gasteiger partial charge on any atom is 0.350 e. The fourth-order valence-electron chi connectivity index (χ4n) is 3.18. The normalized spacial score (nSPS) is 16.5. The Labute approximate surface area is 172 Å². The predicted octanol–water partition coefficient (Wildman–Crippen LogP) is 2.00. The molecule has 3 aromatic rings. The van der Waals surface area contributed by atoms with Gasteiger partial charge in [0.2, 0.25) is 5.91 Å². The summed E-state index contributed by atoms with van der Waals surface area (Å²) in [6.07, 6.45) is 2.17. The molecule has 1 saturated heterocycles. The zero-order valence-electron chi connectivity index (χ0n) is 15.2. The Morgan fingerprint density at radius 2 is 2.18 bits per heavy atom. The van der Waals surface area contributed by atoms with Crippen LogP contribution in [0.15, 0.2) is 53.5 Å². The number of fused-ring (bicyclic) bond motifs is 1. The molecule has 1 aromatic carbocycles. The van der Waals surface area contributed by atoms with Gasteiger partial charge in [-0.25, -0.2) is 9.48 Å². The van der Waals surface area contributed by atoms with Gasteiger partial charge in [-0.2, -0.15) is 11.8 Å². The van der Waals surface area contributed by atoms with Gasteiger partial charge < -0.3 is 10.6 Å². The van der Waals surface area contributed by atoms with E-state index in [9.17, 15) is 9.59 Å². The molecule has 0 spiro atoms. The monoisotopic (exact) mass is 419 g/mol. The summed E-state index contributed by atoms with van der Waals surface area (Å²) in [5.74, 6) is 2.06. The van der Waals surface area contributed by atoms with Crippen molar-refractivity contribution >= 4 is 41.4 Å². The summed E-state index contributed by atoms with van der Waals surface area (Å²) in [7, 11) is 0. The van der Waals surface area contributed by atoms with Gasteiger partial charge in [-0.1, -0.05) is 18.2 Å². The molecule has 1 aliphatic heterocycles. The first kappa shape index (κ1) is 20.4. The molecule has 4 rings (SSSR count). The Balaban J connectivity index is 0.00000225. The van der Waals surface area contributed by atoms with Crippen LogP contribution < -0.4 is 16.3 Å². The molecule has 1 unspecified atom stereocenters. The first-order valence-corrected chi connectivity index (χ1v) is 10.1. The molecule has 7 nitrogen and oxygen atoms in total. The lowest BCUT2D eigenvalue weighted by atomic mass is 10.2. The van der Waals surface area contributed by atoms with Crippen molar-refractivity contribution in [3.05, 3.63) is 64.7 Å². The topological polar surface area (TPSA) is 80.4 Å². The minimum atomic E-state index is -0.180. The van der Waals surface area contributed by atoms with Gasteiger partial charge in [-0.3, -0.25) is 9.20 Å². The summed E-state index contributed by atoms with van der Waals surface area (Å²) in [6.45, 7) is 1.30. The highest BCUT2D eigenvalue weighted by Crippen LogP contribution is 2.14. The van der Waals surface area contributed by atoms with Crippen molar-refractivity contribution < 1.29 is 4.79 Å². The van der Waals surface area contributed by atoms with Crippen molar-refractivity contribution in [2.24, 2.45) is 0 Å². The van der Waals surface area contributed by atoms with Gasteiger partial charge in [0.25, 0.3) is 0 Å². The molecular weight excluding hydrogens is 398 g/mol. The maximum absolute atomic E-state index is 12.4. The SMILES string of the molecule is Cl.O=C(CC1CSCCN1)Nc1cccc(Cn2nc3ccccn3c2=O)c1. The Kier molecular flexibility index (Phi) is 6.77. The summed E-state index contributed by atoms with van der Waals surface area (Å²) in [5.41, 5.74) is 2.08. The number of hydrogen-bond acceptors (Lipinski definition) is 5. The third kappa shape index (κ3) is 4.76. The highest BCUT2D eigenvalue weighted by molar-refractivity contribution is 7.99. The number of pyridine rings is 1. The van der Waals surface area contributed by atoms with E-state index in [2.05, 4.69) is 15.7 Å². The lowest BCUT2D eigenvalue weighted by Crippen LogP contribution is -2.39. The maximum atomic E-state index is 12.4. The van der Waals surface area contributed by atoms with E-state index in [0.29, 0.717) is 18.6 Å². The number of rotatable bonds is 5. The molecule has 0 radical (unpaired) electrons. The van der Waals surface area contributed by atoms with Crippen molar-refractivity contribution in [1.29, 1.82) is 0 Å². The largest absolute Gasteiger partial charge is 0.350 e. The second-order valence-electron chi connectivity index (χ2n) is 6.55. The summed E-state index contributed by atoms with van der Waals surface area (Å²) < 4.78 is 2.94. The summed E-state index contributed by atoms with van der Waals surface area (Å²) in [5, 5.41) is 10.7. The van der Waals surface area contributed by atoms with E-state index < -0.39 is 0 Å². The standard InChI is InChI=1S/C19H21N5O2S.ClH/c25-18(11-16-13-27-9-7-20-16)21-15-5-3-4-14(10-15)12-24-19(26)23-8-2-1-6-17(23)22-24;/h1-6,8,10,16,20H,7,9,11-13H2,(H,21,25);1H. The number of benzene rings is 1. The molecule has 1 aliphatic rings. The van der Waals surface area contributed by atoms with E-state index >= 15 is 0 Å². The van der Waals surface area contributed by atoms with Gasteiger partial charge in [0, 0.05) is 42.4 Å². The number of aromatic nitrogens is 3. The van der Waals surface area contributed by atoms with Crippen LogP contribution in [-0.4, -0.2) is 44.2 Å². The molecular formula is C19H22ClN5O2S. The number of carbonyl (C=O) groups is 1. The Hall–Kier alpha value is -2.29. The molecule has 0 bridgehead atoms. The molecule has 2 aromatic heterocycles. The van der Waals surface area contributed by atoms with Crippen LogP contribution in [0, 0.1) is 0 Å². The second kappa shape index (κ2) is 9.27. The minimum absolute atomic E-state index is 0. The second-order valence-corrected chi connectivity index (χ2v) is 7.70. The quantitative estimate of drug-likeness (QED) is 0.661. The molecule has 9 heteroatoms. The van der Waals surface area contributed by atoms with Crippen molar-refractivity contribution in [1.82, 2.24) is 19.5 Å². The van der Waals surface area contributed by atoms with Gasteiger partial charge in [0.15, 0.2) is 5.65 Å². The van der Waals surface area contributed by atoms with Crippen molar-refractivity contribution in [2.45, 2.75) is 19.0 Å². The number of amides is 1. The molecule has 1 atom stereocenters. The van der Waals surface area contributed by atoms with Gasteiger partial charge in [0.05, 0.1) is 6.54 Å². The molecule has 2 N–H and O–H groups in total. The molecule has 0 saturated carbocycles. The number of anilines is 1. The summed E-state index contributed by atoms with van der Waals surface area (Å²) in [6, 6.07) is 13.2. The molecule has 1 fully saturated rings. The van der Waals surface area contributed by atoms with Crippen LogP contribution in [0.2, 0.25) is 0 Å². The molecule has 148 valence electrons. The van der Waals surface area contributed by atoms with Crippen molar-refractivity contribution in [3.8, 4) is 0 Å². The van der Waals surface area contributed by atoms with Crippen LogP contribution in [0.5, 0.6) is 0 Å². The summed E-state index contributed by atoms with van der Waals surface area (Å²) >= 11 is 1.87. The molecule has 28 heavy (non-hydrogen) atoms. The lowest BCUT2D eigenvalue weighted by molar-refractivity contribution is -0.116. The Morgan fingerprint density at radius 3 is 2.96 bits per heavy atom. The molecule has 0 aliphatic carbocycles. The van der Waals surface area contributed by atoms with E-state index in [1.54, 1.807) is 18.3 Å². The first-order valence-electron chi connectivity index (χ1n) is 8.93. The number of thioether (sulfide) groups is 1. The number of hydrogen-bond donors (Lipinski definition) is 2. The minimum Gasteiger partial charge on any atom is -0.326 e. The van der Waals surface area contributed by atoms with E-state index in [0.717, 1.165) is 29.3 Å². The van der Waals surface area contributed by atoms with Crippen LogP contribution >= 0.6 is 24.2 Å². The Bertz CT molecular complexity index is 1010. The van der Waals surface area contributed by atoms with Crippen LogP contribution in [-0.2, 0) is 11.3 Å². The number of carbonyl (C=O) groups excluding carboxylic acids is 1. The first-order chi connectivity index (χ1) is 13.2. The van der Waals surface area contributed by atoms with Crippen LogP contribution in [0.3, 0.4) is 0 Å². The average Bonchev–Trinajstić information content (AvgIpc) is 2.99. The number of nitrogens with zero attached hydrogens (tertiary/aromatic N) is 3. The zero-order valence-corrected chi connectivity index (χ0v) is 16.8. The van der Waals surface area contributed by atoms with E-state index in [1.807, 2.05) is 42.1 Å². The van der Waals surface area contributed by atoms with Gasteiger partial charge in [0.1, 0.15) is 0 Å². The average molecular weight is 420 g/mol. The summed E-state index contributed by atoms with van der Waals surface area (Å²) in [4.78, 5) is 24.7. The van der Waals surface area contributed by atoms with Crippen molar-refractivity contribution in [3.63, 3.8) is 0 Å². The Morgan fingerprint density at radius 1 is 1.29 bits per heavy atom. The number of halogens is 1. The fourth-order valence-corrected chi connectivity index (χ4v) is 4.13. The lowest BCUT2D eigenvalue weighted by Gasteiger charge is -2.22. The van der Waals surface area contributed by atoms with E-state index in [1.165, 1.54) is 9.08 Å². The van der Waals surface area contributed by atoms with E-state index in [4.69, 9.17) is 0 Å². The third-order valence-corrected chi connectivity index (χ3v) is 5.59. The molecule has 3 heterocycles. The predicted molar refractivity (Wildman–Crippen MR) is 115 cm³/mol. The third-order valence-electron chi connectivity index (χ3n) is 4.46. The van der Waals surface area contributed by atoms with Crippen molar-refractivity contribution in [2.75, 3.05) is 23.4 Å². The van der Waals surface area contributed by atoms with Gasteiger partial charge in [-0.05, 0) is 29.8 Å².